The molecule has 17 heavy (non-hydrogen) atoms. The van der Waals surface area contributed by atoms with E-state index in [2.05, 4.69) is 6.58 Å². The van der Waals surface area contributed by atoms with Gasteiger partial charge in [0.15, 0.2) is 0 Å². The molecule has 0 aromatic heterocycles. The molecule has 1 aliphatic heterocycles. The maximum atomic E-state index is 12.1. The zero-order chi connectivity index (χ0) is 12.3. The summed E-state index contributed by atoms with van der Waals surface area (Å²) < 4.78 is 10.6. The van der Waals surface area contributed by atoms with Crippen LogP contribution in [0.15, 0.2) is 36.9 Å². The SMILES string of the molecule is C=CCC1(COC)Cc2ccccc2OC1=O. The van der Waals surface area contributed by atoms with Crippen LogP contribution in [0.3, 0.4) is 0 Å². The van der Waals surface area contributed by atoms with E-state index in [1.165, 1.54) is 0 Å². The van der Waals surface area contributed by atoms with Crippen molar-refractivity contribution in [2.45, 2.75) is 12.8 Å². The van der Waals surface area contributed by atoms with Crippen molar-refractivity contribution in [1.29, 1.82) is 0 Å². The number of rotatable bonds is 4. The number of methoxy groups -OCH3 is 1. The molecule has 0 saturated heterocycles. The van der Waals surface area contributed by atoms with E-state index in [0.29, 0.717) is 25.2 Å². The lowest BCUT2D eigenvalue weighted by Gasteiger charge is -2.34. The van der Waals surface area contributed by atoms with Gasteiger partial charge in [-0.2, -0.15) is 0 Å². The molecule has 0 bridgehead atoms. The molecule has 0 amide bonds. The Bertz CT molecular complexity index is 439. The van der Waals surface area contributed by atoms with Crippen molar-refractivity contribution in [3.63, 3.8) is 0 Å². The van der Waals surface area contributed by atoms with E-state index < -0.39 is 5.41 Å². The molecule has 0 aliphatic carbocycles. The van der Waals surface area contributed by atoms with Crippen LogP contribution >= 0.6 is 0 Å². The van der Waals surface area contributed by atoms with Gasteiger partial charge in [-0.15, -0.1) is 6.58 Å². The molecule has 2 rings (SSSR count). The molecule has 0 fully saturated rings. The third kappa shape index (κ3) is 2.11. The largest absolute Gasteiger partial charge is 0.426 e. The number of hydrogen-bond acceptors (Lipinski definition) is 3. The molecule has 0 N–H and O–H groups in total. The quantitative estimate of drug-likeness (QED) is 0.454. The Kier molecular flexibility index (Phi) is 3.29. The third-order valence-electron chi connectivity index (χ3n) is 3.09. The van der Waals surface area contributed by atoms with Crippen molar-refractivity contribution in [2.24, 2.45) is 5.41 Å². The summed E-state index contributed by atoms with van der Waals surface area (Å²) in [4.78, 5) is 12.1. The molecule has 3 heteroatoms. The number of carbonyl (C=O) groups excluding carboxylic acids is 1. The van der Waals surface area contributed by atoms with Gasteiger partial charge in [0.2, 0.25) is 0 Å². The highest BCUT2D eigenvalue weighted by molar-refractivity contribution is 5.82. The van der Waals surface area contributed by atoms with Crippen LogP contribution in [0.2, 0.25) is 0 Å². The zero-order valence-corrected chi connectivity index (χ0v) is 9.94. The maximum Gasteiger partial charge on any atom is 0.320 e. The van der Waals surface area contributed by atoms with Gasteiger partial charge in [0.1, 0.15) is 5.75 Å². The highest BCUT2D eigenvalue weighted by Gasteiger charge is 2.43. The third-order valence-corrected chi connectivity index (χ3v) is 3.09. The second-order valence-electron chi connectivity index (χ2n) is 4.38. The number of para-hydroxylation sites is 1. The Hall–Kier alpha value is -1.61. The lowest BCUT2D eigenvalue weighted by atomic mass is 9.77. The molecule has 0 saturated carbocycles. The Labute approximate surface area is 101 Å². The summed E-state index contributed by atoms with van der Waals surface area (Å²) in [6.07, 6.45) is 2.95. The first-order chi connectivity index (χ1) is 8.22. The summed E-state index contributed by atoms with van der Waals surface area (Å²) in [5.74, 6) is 0.436. The van der Waals surface area contributed by atoms with Crippen LogP contribution in [-0.4, -0.2) is 19.7 Å². The molecule has 1 aliphatic rings. The van der Waals surface area contributed by atoms with Gasteiger partial charge in [0.05, 0.1) is 12.0 Å². The van der Waals surface area contributed by atoms with Gasteiger partial charge < -0.3 is 9.47 Å². The predicted molar refractivity (Wildman–Crippen MR) is 64.9 cm³/mol. The Morgan fingerprint density at radius 1 is 1.53 bits per heavy atom. The minimum Gasteiger partial charge on any atom is -0.426 e. The average molecular weight is 232 g/mol. The molecule has 1 aromatic rings. The molecule has 3 nitrogen and oxygen atoms in total. The van der Waals surface area contributed by atoms with Crippen molar-refractivity contribution < 1.29 is 14.3 Å². The molecule has 1 unspecified atom stereocenters. The minimum absolute atomic E-state index is 0.224. The molecular weight excluding hydrogens is 216 g/mol. The highest BCUT2D eigenvalue weighted by Crippen LogP contribution is 2.38. The van der Waals surface area contributed by atoms with Crippen LogP contribution in [-0.2, 0) is 16.0 Å². The molecule has 0 spiro atoms. The van der Waals surface area contributed by atoms with E-state index >= 15 is 0 Å². The Balaban J connectivity index is 2.36. The van der Waals surface area contributed by atoms with Crippen molar-refractivity contribution in [2.75, 3.05) is 13.7 Å². The molecule has 90 valence electrons. The van der Waals surface area contributed by atoms with Gasteiger partial charge in [-0.3, -0.25) is 4.79 Å². The summed E-state index contributed by atoms with van der Waals surface area (Å²) >= 11 is 0. The number of carbonyl (C=O) groups is 1. The lowest BCUT2D eigenvalue weighted by molar-refractivity contribution is -0.151. The summed E-state index contributed by atoms with van der Waals surface area (Å²) in [6.45, 7) is 4.06. The fourth-order valence-corrected chi connectivity index (χ4v) is 2.27. The van der Waals surface area contributed by atoms with Crippen LogP contribution in [0.1, 0.15) is 12.0 Å². The number of fused-ring (bicyclic) bond motifs is 1. The molecular formula is C14H16O3. The van der Waals surface area contributed by atoms with E-state index in [4.69, 9.17) is 9.47 Å². The van der Waals surface area contributed by atoms with E-state index in [0.717, 1.165) is 5.56 Å². The van der Waals surface area contributed by atoms with E-state index in [1.807, 2.05) is 24.3 Å². The second kappa shape index (κ2) is 4.72. The molecule has 1 heterocycles. The summed E-state index contributed by atoms with van der Waals surface area (Å²) in [5, 5.41) is 0. The predicted octanol–water partition coefficient (Wildman–Crippen LogP) is 2.36. The number of esters is 1. The lowest BCUT2D eigenvalue weighted by Crippen LogP contribution is -2.43. The minimum atomic E-state index is -0.620. The number of benzene rings is 1. The number of hydrogen-bond donors (Lipinski definition) is 0. The Morgan fingerprint density at radius 2 is 2.29 bits per heavy atom. The van der Waals surface area contributed by atoms with Crippen LogP contribution in [0, 0.1) is 5.41 Å². The molecule has 0 radical (unpaired) electrons. The van der Waals surface area contributed by atoms with Gasteiger partial charge >= 0.3 is 5.97 Å². The second-order valence-corrected chi connectivity index (χ2v) is 4.38. The monoisotopic (exact) mass is 232 g/mol. The van der Waals surface area contributed by atoms with Gasteiger partial charge in [0, 0.05) is 7.11 Å². The van der Waals surface area contributed by atoms with Crippen LogP contribution in [0.5, 0.6) is 5.75 Å². The van der Waals surface area contributed by atoms with Gasteiger partial charge in [-0.05, 0) is 24.5 Å². The van der Waals surface area contributed by atoms with Crippen LogP contribution < -0.4 is 4.74 Å². The highest BCUT2D eigenvalue weighted by atomic mass is 16.5. The summed E-state index contributed by atoms with van der Waals surface area (Å²) in [6, 6.07) is 7.61. The first kappa shape index (κ1) is 11.9. The van der Waals surface area contributed by atoms with Crippen molar-refractivity contribution in [3.8, 4) is 5.75 Å². The fourth-order valence-electron chi connectivity index (χ4n) is 2.27. The first-order valence-electron chi connectivity index (χ1n) is 5.62. The molecule has 1 atom stereocenters. The van der Waals surface area contributed by atoms with Crippen LogP contribution in [0.4, 0.5) is 0 Å². The Morgan fingerprint density at radius 3 is 3.00 bits per heavy atom. The zero-order valence-electron chi connectivity index (χ0n) is 9.94. The smallest absolute Gasteiger partial charge is 0.320 e. The normalized spacial score (nSPS) is 22.8. The summed E-state index contributed by atoms with van der Waals surface area (Å²) in [7, 11) is 1.60. The van der Waals surface area contributed by atoms with Gasteiger partial charge in [-0.25, -0.2) is 0 Å². The maximum absolute atomic E-state index is 12.1. The number of ether oxygens (including phenoxy) is 2. The van der Waals surface area contributed by atoms with Crippen molar-refractivity contribution in [3.05, 3.63) is 42.5 Å². The number of allylic oxidation sites excluding steroid dienone is 1. The summed E-state index contributed by atoms with van der Waals surface area (Å²) in [5.41, 5.74) is 0.427. The first-order valence-corrected chi connectivity index (χ1v) is 5.62. The standard InChI is InChI=1S/C14H16O3/c1-3-8-14(10-16-2)9-11-6-4-5-7-12(11)17-13(14)15/h3-7H,1,8-10H2,2H3. The molecule has 1 aromatic carbocycles. The van der Waals surface area contributed by atoms with Gasteiger partial charge in [0.25, 0.3) is 0 Å². The van der Waals surface area contributed by atoms with Crippen molar-refractivity contribution in [1.82, 2.24) is 0 Å². The average Bonchev–Trinajstić information content (AvgIpc) is 2.31. The van der Waals surface area contributed by atoms with E-state index in [1.54, 1.807) is 13.2 Å². The van der Waals surface area contributed by atoms with E-state index in [-0.39, 0.29) is 5.97 Å². The fraction of sp³-hybridized carbons (Fsp3) is 0.357. The van der Waals surface area contributed by atoms with Crippen molar-refractivity contribution >= 4 is 5.97 Å². The van der Waals surface area contributed by atoms with Gasteiger partial charge in [-0.1, -0.05) is 24.3 Å². The van der Waals surface area contributed by atoms with E-state index in [9.17, 15) is 4.79 Å². The topological polar surface area (TPSA) is 35.5 Å². The van der Waals surface area contributed by atoms with Crippen LogP contribution in [0.25, 0.3) is 0 Å².